The van der Waals surface area contributed by atoms with Crippen molar-refractivity contribution in [2.45, 2.75) is 51.4 Å². The third kappa shape index (κ3) is 4.71. The minimum absolute atomic E-state index is 0.0905. The van der Waals surface area contributed by atoms with Gasteiger partial charge in [0.1, 0.15) is 0 Å². The Kier molecular flexibility index (Phi) is 7.14. The Bertz CT molecular complexity index is 1190. The van der Waals surface area contributed by atoms with Crippen molar-refractivity contribution in [3.8, 4) is 6.19 Å². The summed E-state index contributed by atoms with van der Waals surface area (Å²) in [6.45, 7) is 4.19. The van der Waals surface area contributed by atoms with Crippen LogP contribution in [0, 0.1) is 32.8 Å². The number of nitrogens with zero attached hydrogens (tertiary/aromatic N) is 2. The quantitative estimate of drug-likeness (QED) is 0.310. The third-order valence-corrected chi connectivity index (χ3v) is 9.05. The minimum Gasteiger partial charge on any atom is -0.393 e. The lowest BCUT2D eigenvalue weighted by Gasteiger charge is -2.42. The normalized spacial score (nSPS) is 27.6. The molecule has 0 amide bonds. The van der Waals surface area contributed by atoms with Crippen molar-refractivity contribution in [3.63, 3.8) is 0 Å². The number of ether oxygens (including phenoxy) is 1. The van der Waals surface area contributed by atoms with Crippen LogP contribution in [0.3, 0.4) is 0 Å². The molecule has 1 aliphatic heterocycles. The molecule has 0 spiro atoms. The third-order valence-electron chi connectivity index (χ3n) is 8.00. The van der Waals surface area contributed by atoms with Crippen molar-refractivity contribution in [1.29, 1.82) is 5.26 Å². The number of hydrogen-bond acceptors (Lipinski definition) is 4. The molecule has 5 rings (SSSR count). The number of nitrogens with one attached hydrogen (secondary N) is 1. The fourth-order valence-electron chi connectivity index (χ4n) is 6.01. The Morgan fingerprint density at radius 3 is 2.79 bits per heavy atom. The standard InChI is InChI=1S/C28H32IN3O2/c1-18-23-14-27(34-16-20-6-2-4-8-24(20)29)28-22(21-7-3-5-9-25(21)31-28)12-13-32(17-30)15-19(23)10-11-26(18)33/h2-9,18-19,23,26-27,31,33H,10-16H2,1H3/t18-,19+,23?,26+,27-/m1/s1. The highest BCUT2D eigenvalue weighted by Crippen LogP contribution is 2.44. The van der Waals surface area contributed by atoms with Crippen LogP contribution >= 0.6 is 22.6 Å². The maximum Gasteiger partial charge on any atom is 0.179 e. The molecule has 2 heterocycles. The second kappa shape index (κ2) is 10.3. The molecule has 178 valence electrons. The van der Waals surface area contributed by atoms with Crippen molar-refractivity contribution in [2.24, 2.45) is 17.8 Å². The van der Waals surface area contributed by atoms with Crippen molar-refractivity contribution >= 4 is 33.5 Å². The predicted molar refractivity (Wildman–Crippen MR) is 142 cm³/mol. The molecule has 0 radical (unpaired) electrons. The molecule has 0 saturated heterocycles. The van der Waals surface area contributed by atoms with Crippen molar-refractivity contribution in [3.05, 3.63) is 68.9 Å². The summed E-state index contributed by atoms with van der Waals surface area (Å²) in [4.78, 5) is 5.63. The smallest absolute Gasteiger partial charge is 0.179 e. The van der Waals surface area contributed by atoms with E-state index in [9.17, 15) is 10.4 Å². The van der Waals surface area contributed by atoms with Gasteiger partial charge in [-0.3, -0.25) is 0 Å². The summed E-state index contributed by atoms with van der Waals surface area (Å²) in [5.74, 6) is 0.846. The molecule has 1 aliphatic carbocycles. The van der Waals surface area contributed by atoms with Crippen LogP contribution in [-0.2, 0) is 17.8 Å². The molecular formula is C28H32IN3O2. The first-order chi connectivity index (χ1) is 16.5. The molecule has 2 N–H and O–H groups in total. The first-order valence-corrected chi connectivity index (χ1v) is 13.4. The van der Waals surface area contributed by atoms with Gasteiger partial charge in [0.15, 0.2) is 6.19 Å². The zero-order valence-electron chi connectivity index (χ0n) is 19.6. The van der Waals surface area contributed by atoms with Crippen molar-refractivity contribution in [2.75, 3.05) is 13.1 Å². The SMILES string of the molecule is C[C@@H]1C2C[C@@H](OCc3ccccc3I)c3[nH]c4ccccc4c3CCN(C#N)C[C@@H]2CC[C@@H]1O. The van der Waals surface area contributed by atoms with E-state index >= 15 is 0 Å². The second-order valence-electron chi connectivity index (χ2n) is 9.91. The van der Waals surface area contributed by atoms with Gasteiger partial charge in [-0.25, -0.2) is 0 Å². The summed E-state index contributed by atoms with van der Waals surface area (Å²) in [6.07, 6.45) is 5.48. The van der Waals surface area contributed by atoms with Gasteiger partial charge in [0.05, 0.1) is 18.8 Å². The van der Waals surface area contributed by atoms with Crippen LogP contribution in [0.4, 0.5) is 0 Å². The van der Waals surface area contributed by atoms with Crippen LogP contribution in [0.5, 0.6) is 0 Å². The van der Waals surface area contributed by atoms with E-state index in [-0.39, 0.29) is 24.0 Å². The summed E-state index contributed by atoms with van der Waals surface area (Å²) < 4.78 is 7.94. The number of H-pyrrole nitrogens is 1. The Morgan fingerprint density at radius 1 is 1.18 bits per heavy atom. The molecule has 6 heteroatoms. The summed E-state index contributed by atoms with van der Waals surface area (Å²) in [5, 5.41) is 21.8. The first kappa shape index (κ1) is 23.7. The van der Waals surface area contributed by atoms with Crippen LogP contribution < -0.4 is 0 Å². The van der Waals surface area contributed by atoms with Gasteiger partial charge in [-0.1, -0.05) is 43.3 Å². The van der Waals surface area contributed by atoms with Gasteiger partial charge in [-0.05, 0) is 89.3 Å². The lowest BCUT2D eigenvalue weighted by atomic mass is 9.68. The second-order valence-corrected chi connectivity index (χ2v) is 11.1. The molecule has 1 unspecified atom stereocenters. The van der Waals surface area contributed by atoms with Gasteiger partial charge in [-0.15, -0.1) is 0 Å². The van der Waals surface area contributed by atoms with E-state index in [1.54, 1.807) is 0 Å². The van der Waals surface area contributed by atoms with Gasteiger partial charge in [0.25, 0.3) is 0 Å². The number of aromatic amines is 1. The van der Waals surface area contributed by atoms with E-state index in [1.807, 2.05) is 4.90 Å². The van der Waals surface area contributed by atoms with E-state index < -0.39 is 0 Å². The molecular weight excluding hydrogens is 537 g/mol. The van der Waals surface area contributed by atoms with Gasteiger partial charge in [-0.2, -0.15) is 5.26 Å². The monoisotopic (exact) mass is 569 g/mol. The molecule has 5 nitrogen and oxygen atoms in total. The lowest BCUT2D eigenvalue weighted by Crippen LogP contribution is -2.42. The maximum absolute atomic E-state index is 10.7. The molecule has 34 heavy (non-hydrogen) atoms. The predicted octanol–water partition coefficient (Wildman–Crippen LogP) is 5.78. The average molecular weight is 569 g/mol. The largest absolute Gasteiger partial charge is 0.393 e. The number of hydrogen-bond donors (Lipinski definition) is 2. The fraction of sp³-hybridized carbons (Fsp3) is 0.464. The number of para-hydroxylation sites is 1. The Hall–Kier alpha value is -2.08. The summed E-state index contributed by atoms with van der Waals surface area (Å²) in [7, 11) is 0. The number of benzene rings is 2. The van der Waals surface area contributed by atoms with Crippen LogP contribution in [0.2, 0.25) is 0 Å². The van der Waals surface area contributed by atoms with Gasteiger partial charge >= 0.3 is 0 Å². The zero-order chi connectivity index (χ0) is 23.7. The zero-order valence-corrected chi connectivity index (χ0v) is 21.7. The van der Waals surface area contributed by atoms with Gasteiger partial charge < -0.3 is 19.7 Å². The van der Waals surface area contributed by atoms with E-state index in [4.69, 9.17) is 4.74 Å². The van der Waals surface area contributed by atoms with Crippen molar-refractivity contribution in [1.82, 2.24) is 9.88 Å². The molecule has 0 bridgehead atoms. The van der Waals surface area contributed by atoms with E-state index in [2.05, 4.69) is 89.2 Å². The summed E-state index contributed by atoms with van der Waals surface area (Å²) >= 11 is 2.38. The highest BCUT2D eigenvalue weighted by molar-refractivity contribution is 14.1. The minimum atomic E-state index is -0.294. The van der Waals surface area contributed by atoms with Crippen LogP contribution in [0.15, 0.2) is 48.5 Å². The van der Waals surface area contributed by atoms with Crippen LogP contribution in [0.25, 0.3) is 10.9 Å². The topological polar surface area (TPSA) is 72.3 Å². The molecule has 3 aromatic rings. The van der Waals surface area contributed by atoms with E-state index in [1.165, 1.54) is 20.1 Å². The van der Waals surface area contributed by atoms with Crippen LogP contribution in [-0.4, -0.2) is 34.2 Å². The van der Waals surface area contributed by atoms with E-state index in [0.717, 1.165) is 43.4 Å². The fourth-order valence-corrected chi connectivity index (χ4v) is 6.55. The Morgan fingerprint density at radius 2 is 1.97 bits per heavy atom. The highest BCUT2D eigenvalue weighted by Gasteiger charge is 2.39. The molecule has 2 aliphatic rings. The number of halogens is 1. The molecule has 2 aromatic carbocycles. The summed E-state index contributed by atoms with van der Waals surface area (Å²) in [5.41, 5.74) is 4.71. The number of rotatable bonds is 3. The van der Waals surface area contributed by atoms with Crippen LogP contribution in [0.1, 0.15) is 49.1 Å². The van der Waals surface area contributed by atoms with Gasteiger partial charge in [0, 0.05) is 33.3 Å². The summed E-state index contributed by atoms with van der Waals surface area (Å²) in [6, 6.07) is 16.8. The number of aliphatic hydroxyl groups is 1. The van der Waals surface area contributed by atoms with Gasteiger partial charge in [0.2, 0.25) is 0 Å². The molecule has 1 aromatic heterocycles. The molecule has 5 atom stereocenters. The van der Waals surface area contributed by atoms with E-state index in [0.29, 0.717) is 19.1 Å². The Balaban J connectivity index is 1.56. The number of nitriles is 1. The average Bonchev–Trinajstić information content (AvgIpc) is 3.22. The molecule has 1 saturated carbocycles. The lowest BCUT2D eigenvalue weighted by molar-refractivity contribution is -0.0412. The number of aliphatic hydroxyl groups excluding tert-OH is 1. The number of fused-ring (bicyclic) bond motifs is 4. The molecule has 1 fully saturated rings. The maximum atomic E-state index is 10.7. The highest BCUT2D eigenvalue weighted by atomic mass is 127. The number of aromatic nitrogens is 1. The van der Waals surface area contributed by atoms with Crippen molar-refractivity contribution < 1.29 is 9.84 Å². The first-order valence-electron chi connectivity index (χ1n) is 12.3. The Labute approximate surface area is 215 Å².